The maximum Gasteiger partial charge on any atom is 0.153 e. The van der Waals surface area contributed by atoms with Gasteiger partial charge in [-0.1, -0.05) is 0 Å². The van der Waals surface area contributed by atoms with Crippen molar-refractivity contribution >= 4 is 5.82 Å². The number of aromatic amines is 1. The minimum atomic E-state index is 0.428. The number of anilines is 1. The summed E-state index contributed by atoms with van der Waals surface area (Å²) in [7, 11) is 0. The number of H-pyrrole nitrogens is 1. The number of aryl methyl sites for hydroxylation is 1. The van der Waals surface area contributed by atoms with Crippen LogP contribution >= 0.6 is 0 Å². The second kappa shape index (κ2) is 1.26. The Labute approximate surface area is 41.5 Å². The molecule has 7 heavy (non-hydrogen) atoms. The summed E-state index contributed by atoms with van der Waals surface area (Å²) in [6.07, 6.45) is 0. The minimum absolute atomic E-state index is 0.428. The molecule has 3 nitrogen and oxygen atoms in total. The largest absolute Gasteiger partial charge is 0.382 e. The zero-order valence-corrected chi connectivity index (χ0v) is 4.02. The molecule has 1 aromatic heterocycles. The van der Waals surface area contributed by atoms with Crippen LogP contribution in [0.25, 0.3) is 0 Å². The first-order chi connectivity index (χ1) is 3.29. The molecule has 0 unspecified atom stereocenters. The summed E-state index contributed by atoms with van der Waals surface area (Å²) in [5.74, 6) is 0.428. The molecule has 0 aliphatic heterocycles. The number of nitrogen functional groups attached to an aromatic ring is 1. The SMILES string of the molecule is Cc1[c]c(N)n[nH]1. The van der Waals surface area contributed by atoms with Crippen molar-refractivity contribution in [3.05, 3.63) is 11.8 Å². The van der Waals surface area contributed by atoms with E-state index in [1.807, 2.05) is 6.92 Å². The topological polar surface area (TPSA) is 54.7 Å². The fourth-order valence-electron chi connectivity index (χ4n) is 0.392. The zero-order chi connectivity index (χ0) is 5.28. The molecule has 1 rings (SSSR count). The average molecular weight is 96.1 g/mol. The molecule has 0 aromatic carbocycles. The molecule has 0 aliphatic carbocycles. The second-order valence-corrected chi connectivity index (χ2v) is 1.36. The van der Waals surface area contributed by atoms with Gasteiger partial charge in [0.2, 0.25) is 0 Å². The van der Waals surface area contributed by atoms with Crippen LogP contribution in [0, 0.1) is 13.0 Å². The Morgan fingerprint density at radius 1 is 1.86 bits per heavy atom. The fraction of sp³-hybridized carbons (Fsp3) is 0.250. The van der Waals surface area contributed by atoms with Crippen LogP contribution in [0.2, 0.25) is 0 Å². The van der Waals surface area contributed by atoms with E-state index in [-0.39, 0.29) is 0 Å². The molecule has 0 aliphatic rings. The molecule has 1 aromatic rings. The Kier molecular flexibility index (Phi) is 0.749. The van der Waals surface area contributed by atoms with Gasteiger partial charge in [0.05, 0.1) is 6.07 Å². The molecule has 0 bridgehead atoms. The molecule has 3 N–H and O–H groups in total. The van der Waals surface area contributed by atoms with Crippen LogP contribution in [0.1, 0.15) is 5.69 Å². The Bertz CT molecular complexity index is 139. The van der Waals surface area contributed by atoms with Crippen LogP contribution in [-0.4, -0.2) is 10.2 Å². The van der Waals surface area contributed by atoms with Gasteiger partial charge >= 0.3 is 0 Å². The smallest absolute Gasteiger partial charge is 0.153 e. The van der Waals surface area contributed by atoms with Crippen molar-refractivity contribution in [1.29, 1.82) is 0 Å². The summed E-state index contributed by atoms with van der Waals surface area (Å²) < 4.78 is 0. The van der Waals surface area contributed by atoms with Gasteiger partial charge in [0.1, 0.15) is 0 Å². The van der Waals surface area contributed by atoms with E-state index in [4.69, 9.17) is 5.73 Å². The third kappa shape index (κ3) is 0.707. The number of nitrogens with zero attached hydrogens (tertiary/aromatic N) is 1. The van der Waals surface area contributed by atoms with E-state index in [1.165, 1.54) is 0 Å². The van der Waals surface area contributed by atoms with Gasteiger partial charge in [-0.05, 0) is 6.92 Å². The van der Waals surface area contributed by atoms with Crippen LogP contribution in [-0.2, 0) is 0 Å². The molecular weight excluding hydrogens is 90.1 g/mol. The summed E-state index contributed by atoms with van der Waals surface area (Å²) in [6.45, 7) is 1.85. The third-order valence-corrected chi connectivity index (χ3v) is 0.660. The Morgan fingerprint density at radius 3 is 2.71 bits per heavy atom. The number of nitrogens with two attached hydrogens (primary N) is 1. The van der Waals surface area contributed by atoms with Gasteiger partial charge in [0, 0.05) is 5.69 Å². The number of nitrogens with one attached hydrogen (secondary N) is 1. The normalized spacial score (nSPS) is 9.29. The van der Waals surface area contributed by atoms with Crippen LogP contribution in [0.4, 0.5) is 5.82 Å². The molecule has 0 saturated carbocycles. The molecule has 3 heteroatoms. The lowest BCUT2D eigenvalue weighted by Gasteiger charge is -1.67. The highest BCUT2D eigenvalue weighted by Gasteiger charge is 1.86. The van der Waals surface area contributed by atoms with Gasteiger partial charge in [-0.3, -0.25) is 5.10 Å². The number of hydrogen-bond acceptors (Lipinski definition) is 2. The van der Waals surface area contributed by atoms with Gasteiger partial charge in [-0.15, -0.1) is 0 Å². The highest BCUT2D eigenvalue weighted by molar-refractivity contribution is 5.25. The fourth-order valence-corrected chi connectivity index (χ4v) is 0.392. The van der Waals surface area contributed by atoms with Crippen LogP contribution in [0.3, 0.4) is 0 Å². The quantitative estimate of drug-likeness (QED) is 0.481. The Balaban J connectivity index is 3.04. The van der Waals surface area contributed by atoms with E-state index in [0.29, 0.717) is 5.82 Å². The summed E-state index contributed by atoms with van der Waals surface area (Å²) in [5, 5.41) is 6.25. The van der Waals surface area contributed by atoms with E-state index in [9.17, 15) is 0 Å². The molecule has 0 saturated heterocycles. The summed E-state index contributed by atoms with van der Waals surface area (Å²) in [6, 6.07) is 2.75. The van der Waals surface area contributed by atoms with Crippen LogP contribution < -0.4 is 5.73 Å². The van der Waals surface area contributed by atoms with Crippen molar-refractivity contribution in [2.24, 2.45) is 0 Å². The summed E-state index contributed by atoms with van der Waals surface area (Å²) >= 11 is 0. The van der Waals surface area contributed by atoms with Crippen molar-refractivity contribution in [2.75, 3.05) is 5.73 Å². The van der Waals surface area contributed by atoms with E-state index in [1.54, 1.807) is 0 Å². The van der Waals surface area contributed by atoms with Crippen molar-refractivity contribution in [2.45, 2.75) is 6.92 Å². The van der Waals surface area contributed by atoms with E-state index in [0.717, 1.165) is 5.69 Å². The lowest BCUT2D eigenvalue weighted by Crippen LogP contribution is -1.81. The zero-order valence-electron chi connectivity index (χ0n) is 4.02. The summed E-state index contributed by atoms with van der Waals surface area (Å²) in [4.78, 5) is 0. The van der Waals surface area contributed by atoms with E-state index >= 15 is 0 Å². The first-order valence-corrected chi connectivity index (χ1v) is 1.99. The predicted octanol–water partition coefficient (Wildman–Crippen LogP) is 0.101. The molecule has 0 spiro atoms. The average Bonchev–Trinajstić information content (AvgIpc) is 1.87. The van der Waals surface area contributed by atoms with E-state index in [2.05, 4.69) is 16.3 Å². The Hall–Kier alpha value is -0.990. The molecule has 0 amide bonds. The third-order valence-electron chi connectivity index (χ3n) is 0.660. The monoisotopic (exact) mass is 96.1 g/mol. The number of aromatic nitrogens is 2. The maximum atomic E-state index is 5.18. The predicted molar refractivity (Wildman–Crippen MR) is 26.6 cm³/mol. The first-order valence-electron chi connectivity index (χ1n) is 1.99. The molecule has 1 heterocycles. The number of rotatable bonds is 0. The van der Waals surface area contributed by atoms with Crippen LogP contribution in [0.5, 0.6) is 0 Å². The minimum Gasteiger partial charge on any atom is -0.382 e. The molecule has 0 fully saturated rings. The van der Waals surface area contributed by atoms with Crippen molar-refractivity contribution in [3.8, 4) is 0 Å². The lowest BCUT2D eigenvalue weighted by atomic mass is 10.5. The molecule has 0 atom stereocenters. The van der Waals surface area contributed by atoms with Gasteiger partial charge in [0.15, 0.2) is 5.82 Å². The number of hydrogen-bond donors (Lipinski definition) is 2. The lowest BCUT2D eigenvalue weighted by molar-refractivity contribution is 1.05. The van der Waals surface area contributed by atoms with Gasteiger partial charge in [0.25, 0.3) is 0 Å². The van der Waals surface area contributed by atoms with Gasteiger partial charge < -0.3 is 5.73 Å². The standard InChI is InChI=1S/C4H6N3/c1-3-2-4(5)7-6-3/h1H3,(H3,5,6,7). The second-order valence-electron chi connectivity index (χ2n) is 1.36. The van der Waals surface area contributed by atoms with Crippen LogP contribution in [0.15, 0.2) is 0 Å². The molecular formula is C4H6N3. The van der Waals surface area contributed by atoms with E-state index < -0.39 is 0 Å². The maximum absolute atomic E-state index is 5.18. The Morgan fingerprint density at radius 2 is 2.57 bits per heavy atom. The first kappa shape index (κ1) is 4.18. The molecule has 1 radical (unpaired) electrons. The van der Waals surface area contributed by atoms with Crippen molar-refractivity contribution < 1.29 is 0 Å². The molecule has 37 valence electrons. The highest BCUT2D eigenvalue weighted by Crippen LogP contribution is 1.93. The van der Waals surface area contributed by atoms with Gasteiger partial charge in [-0.25, -0.2) is 0 Å². The van der Waals surface area contributed by atoms with Gasteiger partial charge in [-0.2, -0.15) is 5.10 Å². The highest BCUT2D eigenvalue weighted by atomic mass is 15.1. The summed E-state index contributed by atoms with van der Waals surface area (Å²) in [5.41, 5.74) is 6.05. The van der Waals surface area contributed by atoms with Crippen molar-refractivity contribution in [1.82, 2.24) is 10.2 Å². The van der Waals surface area contributed by atoms with Crippen molar-refractivity contribution in [3.63, 3.8) is 0 Å².